The molecule has 2 N–H and O–H groups in total. The van der Waals surface area contributed by atoms with E-state index in [1.165, 1.54) is 0 Å². The molecule has 0 amide bonds. The van der Waals surface area contributed by atoms with E-state index in [1.54, 1.807) is 60.7 Å². The monoisotopic (exact) mass is 526 g/mol. The summed E-state index contributed by atoms with van der Waals surface area (Å²) >= 11 is 0. The molecule has 0 saturated heterocycles. The fourth-order valence-corrected chi connectivity index (χ4v) is 15.2. The molecule has 0 aromatic heterocycles. The maximum atomic E-state index is 14.3. The van der Waals surface area contributed by atoms with E-state index in [4.69, 9.17) is 0 Å². The lowest BCUT2D eigenvalue weighted by Gasteiger charge is -2.47. The molecule has 0 heterocycles. The topological polar surface area (TPSA) is 109 Å². The highest BCUT2D eigenvalue weighted by atomic mass is 32.2. The van der Waals surface area contributed by atoms with Crippen LogP contribution in [0.25, 0.3) is 0 Å². The van der Waals surface area contributed by atoms with Gasteiger partial charge in [0.05, 0.1) is 32.5 Å². The Bertz CT molecular complexity index is 1420. The molecule has 0 aliphatic heterocycles. The molecule has 6 aliphatic rings. The predicted octanol–water partition coefficient (Wildman–Crippen LogP) is 2.42. The van der Waals surface area contributed by atoms with Crippen molar-refractivity contribution >= 4 is 19.7 Å². The van der Waals surface area contributed by atoms with Crippen molar-refractivity contribution in [2.45, 2.75) is 39.6 Å². The third kappa shape index (κ3) is 2.25. The lowest BCUT2D eigenvalue weighted by atomic mass is 9.68. The molecule has 6 nitrogen and oxygen atoms in total. The summed E-state index contributed by atoms with van der Waals surface area (Å²) in [5.74, 6) is -0.160. The second kappa shape index (κ2) is 6.82. The molecule has 6 aliphatic carbocycles. The summed E-state index contributed by atoms with van der Waals surface area (Å²) in [5.41, 5.74) is 0. The third-order valence-corrected chi connectivity index (χ3v) is 16.0. The summed E-state index contributed by atoms with van der Waals surface area (Å²) in [7, 11) is -7.25. The molecule has 8 rings (SSSR count). The van der Waals surface area contributed by atoms with Crippen LogP contribution < -0.4 is 0 Å². The highest BCUT2D eigenvalue weighted by molar-refractivity contribution is 7.93. The van der Waals surface area contributed by atoms with Gasteiger partial charge < -0.3 is 10.2 Å². The van der Waals surface area contributed by atoms with Crippen molar-refractivity contribution in [3.05, 3.63) is 60.7 Å². The second-order valence-electron chi connectivity index (χ2n) is 12.2. The van der Waals surface area contributed by atoms with Crippen molar-refractivity contribution in [2.24, 2.45) is 59.2 Å². The molecule has 2 bridgehead atoms. The Hall–Kier alpha value is -1.74. The van der Waals surface area contributed by atoms with E-state index in [-0.39, 0.29) is 69.8 Å². The SMILES string of the molecule is O=S(=O)(CCC1[C@@H]2[C@@H](O)[C@H]3[C@H]4C5CC3(S(=O)(=O)c3ccccc3)[C@H]3[C@@H](O)[C@H]1[C@@H]([C@H]53)[C@@H]24)c1ccccc1. The maximum Gasteiger partial charge on any atom is 0.184 e. The fraction of sp³-hybridized carbons (Fsp3) is 0.571. The van der Waals surface area contributed by atoms with Gasteiger partial charge in [0.1, 0.15) is 0 Å². The Morgan fingerprint density at radius 2 is 1.19 bits per heavy atom. The van der Waals surface area contributed by atoms with Crippen LogP contribution in [0.5, 0.6) is 0 Å². The van der Waals surface area contributed by atoms with Gasteiger partial charge in [0.25, 0.3) is 0 Å². The third-order valence-electron chi connectivity index (χ3n) is 11.6. The first-order valence-corrected chi connectivity index (χ1v) is 16.3. The van der Waals surface area contributed by atoms with Crippen LogP contribution in [-0.2, 0) is 19.7 Å². The van der Waals surface area contributed by atoms with Crippen LogP contribution in [0.1, 0.15) is 12.8 Å². The van der Waals surface area contributed by atoms with Crippen LogP contribution in [0.2, 0.25) is 0 Å². The van der Waals surface area contributed by atoms with E-state index in [0.29, 0.717) is 17.7 Å². The number of rotatable bonds is 6. The average molecular weight is 527 g/mol. The van der Waals surface area contributed by atoms with E-state index in [0.717, 1.165) is 0 Å². The summed E-state index contributed by atoms with van der Waals surface area (Å²) in [5, 5.41) is 23.6. The summed E-state index contributed by atoms with van der Waals surface area (Å²) in [6.45, 7) is 0. The maximum absolute atomic E-state index is 14.3. The van der Waals surface area contributed by atoms with Gasteiger partial charge >= 0.3 is 0 Å². The Kier molecular flexibility index (Phi) is 4.22. The zero-order chi connectivity index (χ0) is 24.8. The van der Waals surface area contributed by atoms with Gasteiger partial charge in [-0.15, -0.1) is 0 Å². The predicted molar refractivity (Wildman–Crippen MR) is 131 cm³/mol. The van der Waals surface area contributed by atoms with Gasteiger partial charge in [-0.3, -0.25) is 0 Å². The van der Waals surface area contributed by atoms with E-state index in [9.17, 15) is 27.0 Å². The van der Waals surface area contributed by atoms with Crippen molar-refractivity contribution < 1.29 is 27.0 Å². The van der Waals surface area contributed by atoms with Crippen LogP contribution in [0.4, 0.5) is 0 Å². The summed E-state index contributed by atoms with van der Waals surface area (Å²) in [4.78, 5) is 0.590. The Balaban J connectivity index is 1.20. The standard InChI is InChI=1S/C28H30O6S2/c29-26-20-16(11-12-35(31,32)14-7-3-1-4-8-14)21-23-19-17-13-28(25(19)27(21)30,24(26)18(17)22(20)23)36(33,34)15-9-5-2-6-10-15/h1-10,16-27,29-30H,11-13H2/t16?,17?,18-,19-,20-,21+,22+,23+,24+,25+,26+,27-,28?/m0/s1. The molecule has 8 heteroatoms. The minimum absolute atomic E-state index is 0.0187. The van der Waals surface area contributed by atoms with Gasteiger partial charge in [-0.1, -0.05) is 36.4 Å². The largest absolute Gasteiger partial charge is 0.392 e. The van der Waals surface area contributed by atoms with Crippen molar-refractivity contribution in [1.29, 1.82) is 0 Å². The smallest absolute Gasteiger partial charge is 0.184 e. The molecule has 3 unspecified atom stereocenters. The van der Waals surface area contributed by atoms with Crippen LogP contribution in [0.3, 0.4) is 0 Å². The van der Waals surface area contributed by atoms with Gasteiger partial charge in [-0.05, 0) is 84.5 Å². The lowest BCUT2D eigenvalue weighted by molar-refractivity contribution is -0.0401. The molecular weight excluding hydrogens is 496 g/mol. The number of hydrogen-bond donors (Lipinski definition) is 2. The van der Waals surface area contributed by atoms with Gasteiger partial charge in [0.2, 0.25) is 0 Å². The number of sulfone groups is 2. The minimum Gasteiger partial charge on any atom is -0.392 e. The van der Waals surface area contributed by atoms with Gasteiger partial charge in [-0.2, -0.15) is 0 Å². The number of hydrogen-bond acceptors (Lipinski definition) is 6. The van der Waals surface area contributed by atoms with E-state index in [1.807, 2.05) is 0 Å². The molecule has 6 fully saturated rings. The highest BCUT2D eigenvalue weighted by Gasteiger charge is 2.90. The molecule has 2 aromatic rings. The quantitative estimate of drug-likeness (QED) is 0.599. The zero-order valence-corrected chi connectivity index (χ0v) is 21.3. The molecule has 13 atom stereocenters. The molecule has 190 valence electrons. The molecule has 0 radical (unpaired) electrons. The highest BCUT2D eigenvalue weighted by Crippen LogP contribution is 2.86. The normalized spacial score (nSPS) is 48.9. The summed E-state index contributed by atoms with van der Waals surface area (Å²) < 4.78 is 53.7. The molecule has 0 spiro atoms. The Morgan fingerprint density at radius 1 is 0.694 bits per heavy atom. The number of fused-ring (bicyclic) bond motifs is 3. The second-order valence-corrected chi connectivity index (χ2v) is 16.6. The van der Waals surface area contributed by atoms with Crippen LogP contribution in [0, 0.1) is 59.2 Å². The molecule has 2 aromatic carbocycles. The van der Waals surface area contributed by atoms with Crippen LogP contribution in [-0.4, -0.2) is 49.8 Å². The number of aliphatic hydroxyl groups excluding tert-OH is 2. The zero-order valence-electron chi connectivity index (χ0n) is 19.7. The van der Waals surface area contributed by atoms with E-state index in [2.05, 4.69) is 0 Å². The van der Waals surface area contributed by atoms with Crippen molar-refractivity contribution in [3.63, 3.8) is 0 Å². The van der Waals surface area contributed by atoms with Crippen LogP contribution >= 0.6 is 0 Å². The molecule has 36 heavy (non-hydrogen) atoms. The first-order valence-electron chi connectivity index (χ1n) is 13.2. The summed E-state index contributed by atoms with van der Waals surface area (Å²) in [6, 6.07) is 17.0. The van der Waals surface area contributed by atoms with Gasteiger partial charge in [0, 0.05) is 11.8 Å². The summed E-state index contributed by atoms with van der Waals surface area (Å²) in [6.07, 6.45) is -0.591. The lowest BCUT2D eigenvalue weighted by Crippen LogP contribution is -2.58. The van der Waals surface area contributed by atoms with Crippen molar-refractivity contribution in [2.75, 3.05) is 5.75 Å². The Labute approximate surface area is 211 Å². The molecular formula is C28H30O6S2. The van der Waals surface area contributed by atoms with Gasteiger partial charge in [-0.25, -0.2) is 16.8 Å². The van der Waals surface area contributed by atoms with Crippen LogP contribution in [0.15, 0.2) is 70.5 Å². The first-order chi connectivity index (χ1) is 17.2. The Morgan fingerprint density at radius 3 is 1.72 bits per heavy atom. The first kappa shape index (κ1) is 22.3. The molecule has 6 saturated carbocycles. The van der Waals surface area contributed by atoms with Crippen molar-refractivity contribution in [3.8, 4) is 0 Å². The number of aliphatic hydroxyl groups is 2. The minimum atomic E-state index is -3.78. The fourth-order valence-electron chi connectivity index (χ4n) is 11.2. The average Bonchev–Trinajstić information content (AvgIpc) is 3.66. The number of benzene rings is 2. The van der Waals surface area contributed by atoms with E-state index < -0.39 is 36.6 Å². The van der Waals surface area contributed by atoms with E-state index >= 15 is 0 Å². The van der Waals surface area contributed by atoms with Crippen molar-refractivity contribution in [1.82, 2.24) is 0 Å². The van der Waals surface area contributed by atoms with Gasteiger partial charge in [0.15, 0.2) is 19.7 Å².